The molecule has 0 atom stereocenters. The summed E-state index contributed by atoms with van der Waals surface area (Å²) in [6.45, 7) is 4.95. The van der Waals surface area contributed by atoms with Gasteiger partial charge in [-0.05, 0) is 49.2 Å². The molecule has 1 aromatic heterocycles. The van der Waals surface area contributed by atoms with Gasteiger partial charge in [0.1, 0.15) is 12.3 Å². The van der Waals surface area contributed by atoms with Crippen LogP contribution in [0.5, 0.6) is 11.5 Å². The van der Waals surface area contributed by atoms with E-state index in [4.69, 9.17) is 13.9 Å². The molecule has 0 bridgehead atoms. The molecule has 0 saturated carbocycles. The summed E-state index contributed by atoms with van der Waals surface area (Å²) in [5.74, 6) is 1.83. The van der Waals surface area contributed by atoms with Gasteiger partial charge < -0.3 is 29.0 Å². The Morgan fingerprint density at radius 3 is 2.47 bits per heavy atom. The zero-order chi connectivity index (χ0) is 23.9. The third-order valence-corrected chi connectivity index (χ3v) is 5.57. The van der Waals surface area contributed by atoms with Crippen molar-refractivity contribution in [3.63, 3.8) is 0 Å². The van der Waals surface area contributed by atoms with Gasteiger partial charge in [-0.1, -0.05) is 36.4 Å². The molecule has 0 fully saturated rings. The molecule has 2 heterocycles. The van der Waals surface area contributed by atoms with Gasteiger partial charge in [0.05, 0.1) is 12.8 Å². The summed E-state index contributed by atoms with van der Waals surface area (Å²) in [7, 11) is 0. The Morgan fingerprint density at radius 2 is 1.74 bits per heavy atom. The largest absolute Gasteiger partial charge is 0.467 e. The lowest BCUT2D eigenvalue weighted by molar-refractivity contribution is -0.133. The minimum absolute atomic E-state index is 0.0520. The van der Waals surface area contributed by atoms with E-state index in [2.05, 4.69) is 5.32 Å². The van der Waals surface area contributed by atoms with Crippen molar-refractivity contribution >= 4 is 11.9 Å². The molecule has 0 saturated heterocycles. The van der Waals surface area contributed by atoms with Crippen LogP contribution in [0.1, 0.15) is 30.7 Å². The molecule has 2 aromatic carbocycles. The molecule has 0 radical (unpaired) electrons. The third-order valence-electron chi connectivity index (χ3n) is 5.57. The maximum atomic E-state index is 13.4. The molecule has 1 aliphatic rings. The second-order valence-corrected chi connectivity index (χ2v) is 8.38. The molecule has 8 heteroatoms. The van der Waals surface area contributed by atoms with E-state index in [-0.39, 0.29) is 37.9 Å². The van der Waals surface area contributed by atoms with E-state index in [0.29, 0.717) is 30.3 Å². The molecule has 1 aliphatic heterocycles. The molecule has 0 spiro atoms. The van der Waals surface area contributed by atoms with Crippen LogP contribution in [0.2, 0.25) is 0 Å². The number of carbonyl (C=O) groups is 2. The van der Waals surface area contributed by atoms with Crippen LogP contribution in [-0.2, 0) is 24.4 Å². The number of fused-ring (bicyclic) bond motifs is 1. The van der Waals surface area contributed by atoms with E-state index in [1.807, 2.05) is 68.4 Å². The van der Waals surface area contributed by atoms with Gasteiger partial charge in [-0.2, -0.15) is 0 Å². The Labute approximate surface area is 199 Å². The first-order valence-corrected chi connectivity index (χ1v) is 11.3. The Kier molecular flexibility index (Phi) is 7.37. The van der Waals surface area contributed by atoms with E-state index in [1.54, 1.807) is 22.1 Å². The van der Waals surface area contributed by atoms with Gasteiger partial charge in [-0.3, -0.25) is 4.79 Å². The van der Waals surface area contributed by atoms with Crippen LogP contribution in [0.15, 0.2) is 71.3 Å². The number of carbonyl (C=O) groups excluding carboxylic acids is 2. The van der Waals surface area contributed by atoms with Gasteiger partial charge in [0.2, 0.25) is 12.7 Å². The van der Waals surface area contributed by atoms with Crippen LogP contribution in [-0.4, -0.2) is 41.1 Å². The fourth-order valence-electron chi connectivity index (χ4n) is 3.69. The smallest absolute Gasteiger partial charge is 0.318 e. The molecule has 178 valence electrons. The molecular weight excluding hydrogens is 434 g/mol. The number of nitrogens with zero attached hydrogens (tertiary/aromatic N) is 2. The van der Waals surface area contributed by atoms with Gasteiger partial charge >= 0.3 is 6.03 Å². The summed E-state index contributed by atoms with van der Waals surface area (Å²) < 4.78 is 16.3. The lowest BCUT2D eigenvalue weighted by atomic mass is 10.1. The number of rotatable bonds is 9. The van der Waals surface area contributed by atoms with Gasteiger partial charge in [0.15, 0.2) is 11.5 Å². The fraction of sp³-hybridized carbons (Fsp3) is 0.308. The van der Waals surface area contributed by atoms with Crippen LogP contribution in [0, 0.1) is 0 Å². The van der Waals surface area contributed by atoms with Crippen molar-refractivity contribution in [3.05, 3.63) is 83.8 Å². The molecule has 0 unspecified atom stereocenters. The average molecular weight is 464 g/mol. The van der Waals surface area contributed by atoms with Crippen molar-refractivity contribution in [1.29, 1.82) is 0 Å². The topological polar surface area (TPSA) is 84.2 Å². The van der Waals surface area contributed by atoms with E-state index in [9.17, 15) is 9.59 Å². The first-order valence-electron chi connectivity index (χ1n) is 11.3. The van der Waals surface area contributed by atoms with Crippen LogP contribution >= 0.6 is 0 Å². The standard InChI is InChI=1S/C26H29N3O5/c1-19(2)29(26(31)27-14-20-7-4-3-5-8-20)17-25(30)28(16-22-9-6-12-32-22)15-21-10-11-23-24(13-21)34-18-33-23/h3-13,19H,14-18H2,1-2H3,(H,27,31). The summed E-state index contributed by atoms with van der Waals surface area (Å²) in [5.41, 5.74) is 1.89. The Bertz CT molecular complexity index is 1100. The molecular formula is C26H29N3O5. The molecule has 8 nitrogen and oxygen atoms in total. The quantitative estimate of drug-likeness (QED) is 0.515. The summed E-state index contributed by atoms with van der Waals surface area (Å²) in [6, 6.07) is 18.5. The van der Waals surface area contributed by atoms with E-state index >= 15 is 0 Å². The average Bonchev–Trinajstić information content (AvgIpc) is 3.52. The fourth-order valence-corrected chi connectivity index (χ4v) is 3.69. The molecule has 0 aliphatic carbocycles. The number of nitrogens with one attached hydrogen (secondary N) is 1. The number of urea groups is 1. The van der Waals surface area contributed by atoms with Gasteiger partial charge in [0, 0.05) is 19.1 Å². The van der Waals surface area contributed by atoms with Gasteiger partial charge in [-0.15, -0.1) is 0 Å². The molecule has 4 rings (SSSR count). The highest BCUT2D eigenvalue weighted by atomic mass is 16.7. The minimum Gasteiger partial charge on any atom is -0.467 e. The number of amides is 3. The number of hydrogen-bond acceptors (Lipinski definition) is 5. The highest BCUT2D eigenvalue weighted by molar-refractivity contribution is 5.84. The van der Waals surface area contributed by atoms with Crippen molar-refractivity contribution in [2.24, 2.45) is 0 Å². The molecule has 34 heavy (non-hydrogen) atoms. The van der Waals surface area contributed by atoms with E-state index in [0.717, 1.165) is 11.1 Å². The monoisotopic (exact) mass is 463 g/mol. The molecule has 3 aromatic rings. The van der Waals surface area contributed by atoms with Crippen molar-refractivity contribution < 1.29 is 23.5 Å². The summed E-state index contributed by atoms with van der Waals surface area (Å²) >= 11 is 0. The number of furan rings is 1. The van der Waals surface area contributed by atoms with Crippen molar-refractivity contribution in [1.82, 2.24) is 15.1 Å². The maximum Gasteiger partial charge on any atom is 0.318 e. The number of benzene rings is 2. The lowest BCUT2D eigenvalue weighted by Gasteiger charge is -2.30. The predicted octanol–water partition coefficient (Wildman–Crippen LogP) is 4.16. The lowest BCUT2D eigenvalue weighted by Crippen LogP contribution is -2.49. The van der Waals surface area contributed by atoms with Crippen LogP contribution in [0.4, 0.5) is 4.79 Å². The highest BCUT2D eigenvalue weighted by Crippen LogP contribution is 2.33. The second kappa shape index (κ2) is 10.8. The summed E-state index contributed by atoms with van der Waals surface area (Å²) in [6.07, 6.45) is 1.58. The van der Waals surface area contributed by atoms with E-state index < -0.39 is 0 Å². The van der Waals surface area contributed by atoms with E-state index in [1.165, 1.54) is 0 Å². The predicted molar refractivity (Wildman–Crippen MR) is 126 cm³/mol. The first kappa shape index (κ1) is 23.2. The van der Waals surface area contributed by atoms with Crippen LogP contribution < -0.4 is 14.8 Å². The van der Waals surface area contributed by atoms with Gasteiger partial charge in [-0.25, -0.2) is 4.79 Å². The van der Waals surface area contributed by atoms with Crippen molar-refractivity contribution in [2.45, 2.75) is 39.5 Å². The number of hydrogen-bond donors (Lipinski definition) is 1. The third kappa shape index (κ3) is 5.89. The SMILES string of the molecule is CC(C)N(CC(=O)N(Cc1ccc2c(c1)OCO2)Cc1ccco1)C(=O)NCc1ccccc1. The van der Waals surface area contributed by atoms with Crippen LogP contribution in [0.3, 0.4) is 0 Å². The highest BCUT2D eigenvalue weighted by Gasteiger charge is 2.25. The minimum atomic E-state index is -0.284. The first-order chi connectivity index (χ1) is 16.5. The van der Waals surface area contributed by atoms with Gasteiger partial charge in [0.25, 0.3) is 0 Å². The Morgan fingerprint density at radius 1 is 0.941 bits per heavy atom. The summed E-state index contributed by atoms with van der Waals surface area (Å²) in [4.78, 5) is 29.5. The normalized spacial score (nSPS) is 12.0. The Balaban J connectivity index is 1.45. The van der Waals surface area contributed by atoms with Crippen molar-refractivity contribution in [2.75, 3.05) is 13.3 Å². The zero-order valence-electron chi connectivity index (χ0n) is 19.4. The Hall–Kier alpha value is -3.94. The van der Waals surface area contributed by atoms with Crippen molar-refractivity contribution in [3.8, 4) is 11.5 Å². The van der Waals surface area contributed by atoms with Crippen LogP contribution in [0.25, 0.3) is 0 Å². The second-order valence-electron chi connectivity index (χ2n) is 8.38. The number of ether oxygens (including phenoxy) is 2. The summed E-state index contributed by atoms with van der Waals surface area (Å²) in [5, 5.41) is 2.92. The zero-order valence-corrected chi connectivity index (χ0v) is 19.4. The maximum absolute atomic E-state index is 13.4. The molecule has 1 N–H and O–H groups in total. The molecule has 3 amide bonds.